The highest BCUT2D eigenvalue weighted by atomic mass is 79.9. The van der Waals surface area contributed by atoms with Crippen LogP contribution in [0.4, 0.5) is 0 Å². The summed E-state index contributed by atoms with van der Waals surface area (Å²) < 4.78 is 2.40. The largest absolute Gasteiger partial charge is 0.271 e. The number of nitrogens with zero attached hydrogens (tertiary/aromatic N) is 4. The summed E-state index contributed by atoms with van der Waals surface area (Å²) in [6, 6.07) is 3.85. The monoisotopic (exact) mass is 296 g/mol. The van der Waals surface area contributed by atoms with Gasteiger partial charge in [0.15, 0.2) is 4.60 Å². The van der Waals surface area contributed by atoms with E-state index >= 15 is 0 Å². The molecule has 0 saturated heterocycles. The molecule has 0 aliphatic rings. The summed E-state index contributed by atoms with van der Waals surface area (Å²) in [7, 11) is 1.83. The first-order valence-electron chi connectivity index (χ1n) is 5.12. The molecule has 6 nitrogen and oxygen atoms in total. The van der Waals surface area contributed by atoms with Crippen molar-refractivity contribution in [3.63, 3.8) is 0 Å². The Kier molecular flexibility index (Phi) is 3.82. The van der Waals surface area contributed by atoms with E-state index in [9.17, 15) is 0 Å². The molecule has 2 rings (SSSR count). The molecule has 0 fully saturated rings. The molecule has 0 saturated carbocycles. The number of pyridine rings is 1. The molecule has 2 aromatic heterocycles. The van der Waals surface area contributed by atoms with Crippen LogP contribution in [0.1, 0.15) is 17.3 Å². The van der Waals surface area contributed by atoms with E-state index in [2.05, 4.69) is 36.7 Å². The van der Waals surface area contributed by atoms with Crippen LogP contribution in [-0.2, 0) is 13.5 Å². The van der Waals surface area contributed by atoms with Gasteiger partial charge in [-0.05, 0) is 34.0 Å². The normalized spacial score (nSPS) is 12.6. The lowest BCUT2D eigenvalue weighted by Gasteiger charge is -2.15. The number of nitrogens with one attached hydrogen (secondary N) is 1. The van der Waals surface area contributed by atoms with Crippen molar-refractivity contribution in [3.8, 4) is 0 Å². The van der Waals surface area contributed by atoms with Crippen LogP contribution in [0.2, 0.25) is 0 Å². The number of aromatic nitrogens is 4. The van der Waals surface area contributed by atoms with Gasteiger partial charge in [-0.25, -0.2) is 4.68 Å². The van der Waals surface area contributed by atoms with E-state index < -0.39 is 0 Å². The Labute approximate surface area is 107 Å². The van der Waals surface area contributed by atoms with Gasteiger partial charge in [-0.15, -0.1) is 5.10 Å². The highest BCUT2D eigenvalue weighted by molar-refractivity contribution is 9.10. The minimum Gasteiger partial charge on any atom is -0.271 e. The first kappa shape index (κ1) is 12.2. The lowest BCUT2D eigenvalue weighted by Crippen LogP contribution is -2.31. The first-order valence-corrected chi connectivity index (χ1v) is 5.91. The molecule has 0 amide bonds. The molecular weight excluding hydrogens is 284 g/mol. The van der Waals surface area contributed by atoms with Gasteiger partial charge in [-0.2, -0.15) is 0 Å². The van der Waals surface area contributed by atoms with Crippen LogP contribution in [0, 0.1) is 0 Å². The topological polar surface area (TPSA) is 81.7 Å². The molecule has 1 atom stereocenters. The van der Waals surface area contributed by atoms with Gasteiger partial charge in [0, 0.05) is 19.4 Å². The average molecular weight is 297 g/mol. The molecule has 0 bridgehead atoms. The number of rotatable bonds is 4. The van der Waals surface area contributed by atoms with Gasteiger partial charge in [-0.1, -0.05) is 11.3 Å². The van der Waals surface area contributed by atoms with Gasteiger partial charge < -0.3 is 0 Å². The van der Waals surface area contributed by atoms with E-state index in [-0.39, 0.29) is 6.04 Å². The van der Waals surface area contributed by atoms with Crippen molar-refractivity contribution in [1.29, 1.82) is 0 Å². The molecule has 0 aliphatic heterocycles. The fourth-order valence-electron chi connectivity index (χ4n) is 1.70. The molecule has 3 N–H and O–H groups in total. The Morgan fingerprint density at radius 1 is 1.59 bits per heavy atom. The quantitative estimate of drug-likeness (QED) is 0.642. The molecule has 0 aliphatic carbocycles. The van der Waals surface area contributed by atoms with Crippen LogP contribution in [0.5, 0.6) is 0 Å². The van der Waals surface area contributed by atoms with Crippen LogP contribution >= 0.6 is 15.9 Å². The third-order valence-electron chi connectivity index (χ3n) is 2.52. The van der Waals surface area contributed by atoms with E-state index in [1.54, 1.807) is 10.9 Å². The van der Waals surface area contributed by atoms with Crippen molar-refractivity contribution >= 4 is 15.9 Å². The van der Waals surface area contributed by atoms with Crippen LogP contribution in [-0.4, -0.2) is 20.0 Å². The van der Waals surface area contributed by atoms with E-state index in [1.807, 2.05) is 25.4 Å². The predicted octanol–water partition coefficient (Wildman–Crippen LogP) is 0.720. The molecule has 2 aromatic rings. The van der Waals surface area contributed by atoms with Gasteiger partial charge in [0.2, 0.25) is 0 Å². The van der Waals surface area contributed by atoms with Gasteiger partial charge in [0.25, 0.3) is 0 Å². The van der Waals surface area contributed by atoms with E-state index in [0.29, 0.717) is 4.60 Å². The minimum absolute atomic E-state index is 0.0615. The van der Waals surface area contributed by atoms with Crippen LogP contribution in [0.3, 0.4) is 0 Å². The highest BCUT2D eigenvalue weighted by Crippen LogP contribution is 2.22. The summed E-state index contributed by atoms with van der Waals surface area (Å²) in [6.07, 6.45) is 4.29. The lowest BCUT2D eigenvalue weighted by atomic mass is 10.1. The van der Waals surface area contributed by atoms with Crippen LogP contribution < -0.4 is 11.3 Å². The third kappa shape index (κ3) is 2.68. The van der Waals surface area contributed by atoms with Crippen molar-refractivity contribution in [2.24, 2.45) is 12.9 Å². The van der Waals surface area contributed by atoms with Gasteiger partial charge in [-0.3, -0.25) is 16.3 Å². The molecule has 1 unspecified atom stereocenters. The Bertz CT molecular complexity index is 463. The van der Waals surface area contributed by atoms with E-state index in [0.717, 1.165) is 17.7 Å². The van der Waals surface area contributed by atoms with E-state index in [4.69, 9.17) is 5.84 Å². The number of hydrazine groups is 1. The maximum atomic E-state index is 5.59. The highest BCUT2D eigenvalue weighted by Gasteiger charge is 2.19. The molecule has 17 heavy (non-hydrogen) atoms. The molecule has 0 aromatic carbocycles. The molecule has 2 heterocycles. The molecular formula is C10H13BrN6. The second-order valence-corrected chi connectivity index (χ2v) is 4.42. The average Bonchev–Trinajstić information content (AvgIpc) is 2.68. The summed E-state index contributed by atoms with van der Waals surface area (Å²) in [4.78, 5) is 4.08. The standard InChI is InChI=1S/C10H13BrN6/c1-17-9(10(11)15-16-17)8(14-12)5-7-3-2-4-13-6-7/h2-4,6,8,14H,5,12H2,1H3. The summed E-state index contributed by atoms with van der Waals surface area (Å²) >= 11 is 3.37. The number of aryl methyl sites for hydroxylation is 1. The van der Waals surface area contributed by atoms with Crippen molar-refractivity contribution in [2.45, 2.75) is 12.5 Å². The minimum atomic E-state index is -0.0615. The van der Waals surface area contributed by atoms with Gasteiger partial charge in [0.05, 0.1) is 11.7 Å². The summed E-state index contributed by atoms with van der Waals surface area (Å²) in [5.74, 6) is 5.59. The fraction of sp³-hybridized carbons (Fsp3) is 0.300. The molecule has 0 radical (unpaired) electrons. The number of nitrogens with two attached hydrogens (primary N) is 1. The first-order chi connectivity index (χ1) is 8.22. The van der Waals surface area contributed by atoms with Gasteiger partial charge in [0.1, 0.15) is 0 Å². The smallest absolute Gasteiger partial charge is 0.153 e. The third-order valence-corrected chi connectivity index (χ3v) is 3.09. The summed E-state index contributed by atoms with van der Waals surface area (Å²) in [5, 5.41) is 7.88. The van der Waals surface area contributed by atoms with Crippen molar-refractivity contribution < 1.29 is 0 Å². The molecule has 7 heteroatoms. The Morgan fingerprint density at radius 2 is 2.41 bits per heavy atom. The predicted molar refractivity (Wildman–Crippen MR) is 66.7 cm³/mol. The maximum Gasteiger partial charge on any atom is 0.153 e. The number of halogens is 1. The summed E-state index contributed by atoms with van der Waals surface area (Å²) in [5.41, 5.74) is 4.79. The zero-order chi connectivity index (χ0) is 12.3. The molecule has 90 valence electrons. The second-order valence-electron chi connectivity index (χ2n) is 3.67. The van der Waals surface area contributed by atoms with Crippen molar-refractivity contribution in [2.75, 3.05) is 0 Å². The maximum absolute atomic E-state index is 5.59. The number of hydrogen-bond acceptors (Lipinski definition) is 5. The second kappa shape index (κ2) is 5.35. The lowest BCUT2D eigenvalue weighted by molar-refractivity contribution is 0.505. The van der Waals surface area contributed by atoms with Crippen molar-refractivity contribution in [1.82, 2.24) is 25.4 Å². The Hall–Kier alpha value is -1.31. The number of hydrogen-bond donors (Lipinski definition) is 2. The Balaban J connectivity index is 2.23. The molecule has 0 spiro atoms. The zero-order valence-electron chi connectivity index (χ0n) is 9.34. The van der Waals surface area contributed by atoms with E-state index in [1.165, 1.54) is 0 Å². The van der Waals surface area contributed by atoms with Gasteiger partial charge >= 0.3 is 0 Å². The van der Waals surface area contributed by atoms with Crippen LogP contribution in [0.15, 0.2) is 29.1 Å². The summed E-state index contributed by atoms with van der Waals surface area (Å²) in [6.45, 7) is 0. The van der Waals surface area contributed by atoms with Crippen molar-refractivity contribution in [3.05, 3.63) is 40.4 Å². The fourth-order valence-corrected chi connectivity index (χ4v) is 2.30. The SMILES string of the molecule is Cn1nnc(Br)c1C(Cc1cccnc1)NN. The zero-order valence-corrected chi connectivity index (χ0v) is 10.9. The van der Waals surface area contributed by atoms with Crippen LogP contribution in [0.25, 0.3) is 0 Å². The Morgan fingerprint density at radius 3 is 2.94 bits per heavy atom.